The standard InChI is InChI=1S/C11H17NO2/c1-3-5-9(4-2)8-12-10-6-7-14-11(10)13/h3-5,10,12H,6-8H2,1-2H3/b5-3-,9-4+. The maximum Gasteiger partial charge on any atom is 0.323 e. The number of ether oxygens (including phenoxy) is 1. The van der Waals surface area contributed by atoms with Gasteiger partial charge in [0.15, 0.2) is 0 Å². The Bertz CT molecular complexity index is 256. The molecule has 1 fully saturated rings. The maximum absolute atomic E-state index is 11.1. The van der Waals surface area contributed by atoms with Gasteiger partial charge in [-0.3, -0.25) is 4.79 Å². The topological polar surface area (TPSA) is 38.3 Å². The minimum atomic E-state index is -0.124. The molecule has 0 aliphatic carbocycles. The summed E-state index contributed by atoms with van der Waals surface area (Å²) in [6.45, 7) is 5.24. The summed E-state index contributed by atoms with van der Waals surface area (Å²) in [5.74, 6) is -0.124. The Kier molecular flexibility index (Phi) is 4.40. The number of nitrogens with one attached hydrogen (secondary N) is 1. The summed E-state index contributed by atoms with van der Waals surface area (Å²) >= 11 is 0. The fourth-order valence-corrected chi connectivity index (χ4v) is 1.39. The monoisotopic (exact) mass is 195 g/mol. The predicted octanol–water partition coefficient (Wildman–Crippen LogP) is 1.41. The Balaban J connectivity index is 2.35. The predicted molar refractivity (Wildman–Crippen MR) is 55.9 cm³/mol. The SMILES string of the molecule is C/C=C\C(=C/C)CNC1CCOC1=O. The van der Waals surface area contributed by atoms with Gasteiger partial charge in [0.2, 0.25) is 0 Å². The van der Waals surface area contributed by atoms with Crippen molar-refractivity contribution in [1.82, 2.24) is 5.32 Å². The molecule has 78 valence electrons. The van der Waals surface area contributed by atoms with E-state index in [1.807, 2.05) is 32.1 Å². The minimum absolute atomic E-state index is 0.116. The first-order valence-electron chi connectivity index (χ1n) is 4.96. The first-order valence-corrected chi connectivity index (χ1v) is 4.96. The van der Waals surface area contributed by atoms with Gasteiger partial charge in [-0.1, -0.05) is 18.2 Å². The van der Waals surface area contributed by atoms with Gasteiger partial charge in [-0.25, -0.2) is 0 Å². The van der Waals surface area contributed by atoms with E-state index in [0.717, 1.165) is 13.0 Å². The van der Waals surface area contributed by atoms with Crippen molar-refractivity contribution in [3.63, 3.8) is 0 Å². The van der Waals surface area contributed by atoms with Gasteiger partial charge in [-0.15, -0.1) is 0 Å². The molecule has 1 saturated heterocycles. The Labute approximate surface area is 84.8 Å². The highest BCUT2D eigenvalue weighted by Gasteiger charge is 2.25. The summed E-state index contributed by atoms with van der Waals surface area (Å²) in [7, 11) is 0. The van der Waals surface area contributed by atoms with Crippen molar-refractivity contribution in [3.05, 3.63) is 23.8 Å². The second-order valence-electron chi connectivity index (χ2n) is 3.25. The van der Waals surface area contributed by atoms with E-state index in [9.17, 15) is 4.79 Å². The smallest absolute Gasteiger partial charge is 0.323 e. The number of cyclic esters (lactones) is 1. The highest BCUT2D eigenvalue weighted by atomic mass is 16.5. The van der Waals surface area contributed by atoms with Crippen LogP contribution in [0.5, 0.6) is 0 Å². The average molecular weight is 195 g/mol. The largest absolute Gasteiger partial charge is 0.464 e. The molecule has 0 radical (unpaired) electrons. The molecule has 1 atom stereocenters. The van der Waals surface area contributed by atoms with Crippen LogP contribution in [0, 0.1) is 0 Å². The first kappa shape index (κ1) is 11.0. The van der Waals surface area contributed by atoms with Gasteiger partial charge in [-0.05, 0) is 19.4 Å². The van der Waals surface area contributed by atoms with Crippen LogP contribution in [-0.2, 0) is 9.53 Å². The highest BCUT2D eigenvalue weighted by Crippen LogP contribution is 2.06. The Morgan fingerprint density at radius 1 is 1.64 bits per heavy atom. The quantitative estimate of drug-likeness (QED) is 0.544. The van der Waals surface area contributed by atoms with Gasteiger partial charge in [0.1, 0.15) is 6.04 Å². The molecular formula is C11H17NO2. The number of allylic oxidation sites excluding steroid dienone is 2. The van der Waals surface area contributed by atoms with Crippen molar-refractivity contribution in [2.45, 2.75) is 26.3 Å². The minimum Gasteiger partial charge on any atom is -0.464 e. The fourth-order valence-electron chi connectivity index (χ4n) is 1.39. The van der Waals surface area contributed by atoms with E-state index in [4.69, 9.17) is 4.74 Å². The van der Waals surface area contributed by atoms with Crippen LogP contribution in [0.1, 0.15) is 20.3 Å². The summed E-state index contributed by atoms with van der Waals surface area (Å²) in [6.07, 6.45) is 6.84. The molecule has 1 aliphatic rings. The second kappa shape index (κ2) is 5.60. The van der Waals surface area contributed by atoms with Gasteiger partial charge in [0.25, 0.3) is 0 Å². The molecule has 0 aromatic heterocycles. The Morgan fingerprint density at radius 2 is 2.43 bits per heavy atom. The van der Waals surface area contributed by atoms with Crippen LogP contribution >= 0.6 is 0 Å². The fraction of sp³-hybridized carbons (Fsp3) is 0.545. The summed E-state index contributed by atoms with van der Waals surface area (Å²) in [6, 6.07) is -0.116. The van der Waals surface area contributed by atoms with Gasteiger partial charge in [-0.2, -0.15) is 0 Å². The van der Waals surface area contributed by atoms with E-state index in [2.05, 4.69) is 5.32 Å². The number of hydrogen-bond donors (Lipinski definition) is 1. The lowest BCUT2D eigenvalue weighted by atomic mass is 10.2. The van der Waals surface area contributed by atoms with E-state index in [1.165, 1.54) is 5.57 Å². The maximum atomic E-state index is 11.1. The third kappa shape index (κ3) is 3.00. The molecule has 1 aliphatic heterocycles. The molecule has 1 rings (SSSR count). The number of rotatable bonds is 4. The van der Waals surface area contributed by atoms with Crippen molar-refractivity contribution in [2.24, 2.45) is 0 Å². The molecule has 3 heteroatoms. The van der Waals surface area contributed by atoms with E-state index < -0.39 is 0 Å². The third-order valence-electron chi connectivity index (χ3n) is 2.24. The number of carbonyl (C=O) groups excluding carboxylic acids is 1. The first-order chi connectivity index (χ1) is 6.77. The van der Waals surface area contributed by atoms with E-state index >= 15 is 0 Å². The lowest BCUT2D eigenvalue weighted by Crippen LogP contribution is -2.34. The second-order valence-corrected chi connectivity index (χ2v) is 3.25. The van der Waals surface area contributed by atoms with Crippen LogP contribution in [0.15, 0.2) is 23.8 Å². The van der Waals surface area contributed by atoms with Crippen LogP contribution in [0.25, 0.3) is 0 Å². The van der Waals surface area contributed by atoms with Gasteiger partial charge in [0, 0.05) is 13.0 Å². The van der Waals surface area contributed by atoms with Crippen molar-refractivity contribution in [1.29, 1.82) is 0 Å². The van der Waals surface area contributed by atoms with E-state index in [0.29, 0.717) is 6.61 Å². The summed E-state index contributed by atoms with van der Waals surface area (Å²) < 4.78 is 4.85. The molecule has 0 saturated carbocycles. The molecular weight excluding hydrogens is 178 g/mol. The summed E-state index contributed by atoms with van der Waals surface area (Å²) in [5.41, 5.74) is 1.19. The molecule has 0 aromatic carbocycles. The normalized spacial score (nSPS) is 23.1. The molecule has 0 spiro atoms. The number of hydrogen-bond acceptors (Lipinski definition) is 3. The lowest BCUT2D eigenvalue weighted by Gasteiger charge is -2.08. The van der Waals surface area contributed by atoms with Crippen LogP contribution in [0.2, 0.25) is 0 Å². The van der Waals surface area contributed by atoms with Gasteiger partial charge >= 0.3 is 5.97 Å². The van der Waals surface area contributed by atoms with Crippen molar-refractivity contribution >= 4 is 5.97 Å². The van der Waals surface area contributed by atoms with Crippen LogP contribution in [0.4, 0.5) is 0 Å². The Hall–Kier alpha value is -1.09. The summed E-state index contributed by atoms with van der Waals surface area (Å²) in [4.78, 5) is 11.1. The lowest BCUT2D eigenvalue weighted by molar-refractivity contribution is -0.139. The van der Waals surface area contributed by atoms with E-state index in [1.54, 1.807) is 0 Å². The zero-order chi connectivity index (χ0) is 10.4. The molecule has 1 heterocycles. The van der Waals surface area contributed by atoms with Crippen molar-refractivity contribution in [2.75, 3.05) is 13.2 Å². The van der Waals surface area contributed by atoms with Crippen LogP contribution < -0.4 is 5.32 Å². The number of carbonyl (C=O) groups is 1. The molecule has 14 heavy (non-hydrogen) atoms. The van der Waals surface area contributed by atoms with E-state index in [-0.39, 0.29) is 12.0 Å². The molecule has 0 aromatic rings. The van der Waals surface area contributed by atoms with Crippen LogP contribution in [-0.4, -0.2) is 25.2 Å². The van der Waals surface area contributed by atoms with Gasteiger partial charge < -0.3 is 10.1 Å². The van der Waals surface area contributed by atoms with Crippen LogP contribution in [0.3, 0.4) is 0 Å². The zero-order valence-corrected chi connectivity index (χ0v) is 8.75. The zero-order valence-electron chi connectivity index (χ0n) is 8.75. The summed E-state index contributed by atoms with van der Waals surface area (Å²) in [5, 5.41) is 3.17. The number of esters is 1. The average Bonchev–Trinajstić information content (AvgIpc) is 2.59. The molecule has 0 bridgehead atoms. The molecule has 3 nitrogen and oxygen atoms in total. The van der Waals surface area contributed by atoms with Gasteiger partial charge in [0.05, 0.1) is 6.61 Å². The third-order valence-corrected chi connectivity index (χ3v) is 2.24. The molecule has 1 unspecified atom stereocenters. The highest BCUT2D eigenvalue weighted by molar-refractivity contribution is 5.77. The molecule has 0 amide bonds. The van der Waals surface area contributed by atoms with Crippen molar-refractivity contribution in [3.8, 4) is 0 Å². The molecule has 1 N–H and O–H groups in total. The van der Waals surface area contributed by atoms with Crippen molar-refractivity contribution < 1.29 is 9.53 Å². The Morgan fingerprint density at radius 3 is 2.93 bits per heavy atom.